The van der Waals surface area contributed by atoms with Gasteiger partial charge in [0, 0.05) is 18.8 Å². The van der Waals surface area contributed by atoms with E-state index in [0.29, 0.717) is 6.42 Å². The number of ether oxygens (including phenoxy) is 1. The van der Waals surface area contributed by atoms with Crippen LogP contribution in [0.5, 0.6) is 5.75 Å². The standard InChI is InChI=1S/C15H18FN3O2/c1-4-12(10-8-17-19(2)9-10)18-15(20)11-6-5-7-13(21-3)14(11)16/h5-9,12H,4H2,1-3H3,(H,18,20). The molecule has 0 saturated heterocycles. The maximum Gasteiger partial charge on any atom is 0.254 e. The summed E-state index contributed by atoms with van der Waals surface area (Å²) in [7, 11) is 3.17. The van der Waals surface area contributed by atoms with Gasteiger partial charge in [-0.05, 0) is 18.6 Å². The number of nitrogens with one attached hydrogen (secondary N) is 1. The first-order chi connectivity index (χ1) is 10.1. The molecule has 112 valence electrons. The molecule has 2 rings (SSSR count). The molecular weight excluding hydrogens is 273 g/mol. The third-order valence-electron chi connectivity index (χ3n) is 3.27. The fourth-order valence-corrected chi connectivity index (χ4v) is 2.12. The Balaban J connectivity index is 2.20. The lowest BCUT2D eigenvalue weighted by molar-refractivity contribution is 0.0930. The fourth-order valence-electron chi connectivity index (χ4n) is 2.12. The van der Waals surface area contributed by atoms with E-state index >= 15 is 0 Å². The van der Waals surface area contributed by atoms with Crippen LogP contribution < -0.4 is 10.1 Å². The SMILES string of the molecule is CCC(NC(=O)c1cccc(OC)c1F)c1cnn(C)c1. The third-order valence-corrected chi connectivity index (χ3v) is 3.27. The molecule has 21 heavy (non-hydrogen) atoms. The Morgan fingerprint density at radius 2 is 2.29 bits per heavy atom. The van der Waals surface area contributed by atoms with Crippen LogP contribution in [0.1, 0.15) is 35.3 Å². The van der Waals surface area contributed by atoms with Gasteiger partial charge in [-0.3, -0.25) is 9.48 Å². The van der Waals surface area contributed by atoms with Crippen LogP contribution in [0.2, 0.25) is 0 Å². The number of amides is 1. The second kappa shape index (κ2) is 6.39. The Kier molecular flexibility index (Phi) is 4.57. The minimum absolute atomic E-state index is 0.0308. The largest absolute Gasteiger partial charge is 0.494 e. The predicted octanol–water partition coefficient (Wildman–Crippen LogP) is 2.45. The normalized spacial score (nSPS) is 12.0. The molecule has 0 saturated carbocycles. The highest BCUT2D eigenvalue weighted by Gasteiger charge is 2.19. The Bertz CT molecular complexity index is 640. The second-order valence-corrected chi connectivity index (χ2v) is 4.70. The van der Waals surface area contributed by atoms with E-state index in [9.17, 15) is 9.18 Å². The second-order valence-electron chi connectivity index (χ2n) is 4.70. The molecule has 0 spiro atoms. The van der Waals surface area contributed by atoms with Gasteiger partial charge in [0.05, 0.1) is 24.9 Å². The molecule has 0 fully saturated rings. The van der Waals surface area contributed by atoms with Crippen molar-refractivity contribution in [2.75, 3.05) is 7.11 Å². The first-order valence-corrected chi connectivity index (χ1v) is 6.68. The zero-order valence-electron chi connectivity index (χ0n) is 12.3. The molecule has 0 aliphatic heterocycles. The number of aromatic nitrogens is 2. The Morgan fingerprint density at radius 1 is 1.52 bits per heavy atom. The number of methoxy groups -OCH3 is 1. The van der Waals surface area contributed by atoms with Crippen LogP contribution in [-0.2, 0) is 7.05 Å². The van der Waals surface area contributed by atoms with Crippen molar-refractivity contribution in [1.82, 2.24) is 15.1 Å². The lowest BCUT2D eigenvalue weighted by Gasteiger charge is -2.16. The summed E-state index contributed by atoms with van der Waals surface area (Å²) in [5.74, 6) is -1.07. The lowest BCUT2D eigenvalue weighted by atomic mass is 10.1. The van der Waals surface area contributed by atoms with E-state index in [1.165, 1.54) is 19.2 Å². The van der Waals surface area contributed by atoms with Gasteiger partial charge in [-0.25, -0.2) is 4.39 Å². The first-order valence-electron chi connectivity index (χ1n) is 6.68. The lowest BCUT2D eigenvalue weighted by Crippen LogP contribution is -2.28. The van der Waals surface area contributed by atoms with Gasteiger partial charge in [0.2, 0.25) is 0 Å². The van der Waals surface area contributed by atoms with Crippen LogP contribution in [0.3, 0.4) is 0 Å². The van der Waals surface area contributed by atoms with E-state index < -0.39 is 11.7 Å². The topological polar surface area (TPSA) is 56.1 Å². The number of hydrogen-bond acceptors (Lipinski definition) is 3. The molecule has 1 amide bonds. The number of carbonyl (C=O) groups is 1. The maximum absolute atomic E-state index is 14.1. The molecule has 1 N–H and O–H groups in total. The fraction of sp³-hybridized carbons (Fsp3) is 0.333. The average molecular weight is 291 g/mol. The van der Waals surface area contributed by atoms with Gasteiger partial charge in [-0.1, -0.05) is 13.0 Å². The van der Waals surface area contributed by atoms with Crippen molar-refractivity contribution in [1.29, 1.82) is 0 Å². The van der Waals surface area contributed by atoms with E-state index in [-0.39, 0.29) is 17.4 Å². The predicted molar refractivity (Wildman–Crippen MR) is 76.7 cm³/mol. The van der Waals surface area contributed by atoms with Gasteiger partial charge in [0.15, 0.2) is 11.6 Å². The van der Waals surface area contributed by atoms with Gasteiger partial charge in [0.25, 0.3) is 5.91 Å². The van der Waals surface area contributed by atoms with E-state index in [0.717, 1.165) is 5.56 Å². The number of nitrogens with zero attached hydrogens (tertiary/aromatic N) is 2. The minimum atomic E-state index is -0.654. The van der Waals surface area contributed by atoms with Crippen molar-refractivity contribution in [3.8, 4) is 5.75 Å². The van der Waals surface area contributed by atoms with Crippen LogP contribution in [0.4, 0.5) is 4.39 Å². The van der Waals surface area contributed by atoms with Crippen molar-refractivity contribution in [2.45, 2.75) is 19.4 Å². The summed E-state index contributed by atoms with van der Waals surface area (Å²) in [6, 6.07) is 4.28. The highest BCUT2D eigenvalue weighted by molar-refractivity contribution is 5.95. The molecule has 0 aliphatic rings. The number of hydrogen-bond donors (Lipinski definition) is 1. The summed E-state index contributed by atoms with van der Waals surface area (Å²) in [6.45, 7) is 1.94. The van der Waals surface area contributed by atoms with Crippen molar-refractivity contribution in [3.63, 3.8) is 0 Å². The third kappa shape index (κ3) is 3.21. The molecule has 2 aromatic rings. The van der Waals surface area contributed by atoms with Gasteiger partial charge in [-0.15, -0.1) is 0 Å². The number of carbonyl (C=O) groups excluding carboxylic acids is 1. The van der Waals surface area contributed by atoms with Gasteiger partial charge < -0.3 is 10.1 Å². The zero-order valence-corrected chi connectivity index (χ0v) is 12.3. The molecule has 1 aromatic heterocycles. The van der Waals surface area contributed by atoms with Gasteiger partial charge in [-0.2, -0.15) is 5.10 Å². The van der Waals surface area contributed by atoms with Crippen LogP contribution >= 0.6 is 0 Å². The summed E-state index contributed by atoms with van der Waals surface area (Å²) in [5.41, 5.74) is 0.855. The zero-order chi connectivity index (χ0) is 15.4. The monoisotopic (exact) mass is 291 g/mol. The minimum Gasteiger partial charge on any atom is -0.494 e. The Hall–Kier alpha value is -2.37. The summed E-state index contributed by atoms with van der Waals surface area (Å²) in [4.78, 5) is 12.2. The molecule has 1 heterocycles. The van der Waals surface area contributed by atoms with Crippen LogP contribution in [0.25, 0.3) is 0 Å². The molecule has 0 bridgehead atoms. The highest BCUT2D eigenvalue weighted by atomic mass is 19.1. The molecular formula is C15H18FN3O2. The van der Waals surface area contributed by atoms with Crippen LogP contribution in [-0.4, -0.2) is 22.8 Å². The molecule has 1 unspecified atom stereocenters. The van der Waals surface area contributed by atoms with Crippen molar-refractivity contribution in [3.05, 3.63) is 47.5 Å². The van der Waals surface area contributed by atoms with E-state index in [1.54, 1.807) is 24.0 Å². The first kappa shape index (κ1) is 15.0. The van der Waals surface area contributed by atoms with Gasteiger partial charge >= 0.3 is 0 Å². The van der Waals surface area contributed by atoms with Crippen molar-refractivity contribution >= 4 is 5.91 Å². The highest BCUT2D eigenvalue weighted by Crippen LogP contribution is 2.22. The Labute approximate surface area is 122 Å². The van der Waals surface area contributed by atoms with Crippen molar-refractivity contribution < 1.29 is 13.9 Å². The Morgan fingerprint density at radius 3 is 2.86 bits per heavy atom. The molecule has 1 atom stereocenters. The smallest absolute Gasteiger partial charge is 0.254 e. The summed E-state index contributed by atoms with van der Waals surface area (Å²) < 4.78 is 20.6. The summed E-state index contributed by atoms with van der Waals surface area (Å²) >= 11 is 0. The van der Waals surface area contributed by atoms with E-state index in [2.05, 4.69) is 10.4 Å². The molecule has 0 radical (unpaired) electrons. The summed E-state index contributed by atoms with van der Waals surface area (Å²) in [5, 5.41) is 6.90. The number of halogens is 1. The maximum atomic E-state index is 14.1. The quantitative estimate of drug-likeness (QED) is 0.920. The van der Waals surface area contributed by atoms with E-state index in [4.69, 9.17) is 4.74 Å². The molecule has 1 aromatic carbocycles. The van der Waals surface area contributed by atoms with Crippen molar-refractivity contribution in [2.24, 2.45) is 7.05 Å². The van der Waals surface area contributed by atoms with Crippen LogP contribution in [0, 0.1) is 5.82 Å². The molecule has 5 nitrogen and oxygen atoms in total. The summed E-state index contributed by atoms with van der Waals surface area (Å²) in [6.07, 6.45) is 4.20. The molecule has 0 aliphatic carbocycles. The molecule has 6 heteroatoms. The number of aryl methyl sites for hydroxylation is 1. The van der Waals surface area contributed by atoms with E-state index in [1.807, 2.05) is 13.1 Å². The number of benzene rings is 1. The van der Waals surface area contributed by atoms with Crippen LogP contribution in [0.15, 0.2) is 30.6 Å². The average Bonchev–Trinajstić information content (AvgIpc) is 2.91. The van der Waals surface area contributed by atoms with Gasteiger partial charge in [0.1, 0.15) is 0 Å². The number of rotatable bonds is 5.